The van der Waals surface area contributed by atoms with E-state index in [1.807, 2.05) is 36.4 Å². The van der Waals surface area contributed by atoms with Crippen molar-refractivity contribution in [3.63, 3.8) is 0 Å². The van der Waals surface area contributed by atoms with Gasteiger partial charge in [-0.25, -0.2) is 9.98 Å². The van der Waals surface area contributed by atoms with E-state index in [1.54, 1.807) is 0 Å². The van der Waals surface area contributed by atoms with Gasteiger partial charge in [0.05, 0.1) is 11.0 Å². The predicted molar refractivity (Wildman–Crippen MR) is 231 cm³/mol. The van der Waals surface area contributed by atoms with Gasteiger partial charge in [-0.2, -0.15) is 0 Å². The second kappa shape index (κ2) is 13.1. The van der Waals surface area contributed by atoms with Crippen molar-refractivity contribution in [3.05, 3.63) is 211 Å². The van der Waals surface area contributed by atoms with Crippen LogP contribution in [0.15, 0.2) is 209 Å². The molecule has 8 aromatic carbocycles. The van der Waals surface area contributed by atoms with Gasteiger partial charge < -0.3 is 14.3 Å². The average Bonchev–Trinajstić information content (AvgIpc) is 3.83. The number of para-hydroxylation sites is 2. The quantitative estimate of drug-likeness (QED) is 0.186. The molecular formula is C51H34N4O. The first-order valence-corrected chi connectivity index (χ1v) is 18.9. The summed E-state index contributed by atoms with van der Waals surface area (Å²) >= 11 is 0. The third kappa shape index (κ3) is 5.32. The van der Waals surface area contributed by atoms with Gasteiger partial charge in [0.2, 0.25) is 0 Å². The van der Waals surface area contributed by atoms with E-state index in [9.17, 15) is 0 Å². The Hall–Kier alpha value is -7.50. The second-order valence-electron chi connectivity index (χ2n) is 14.2. The number of benzene rings is 8. The van der Waals surface area contributed by atoms with Crippen LogP contribution >= 0.6 is 0 Å². The Morgan fingerprint density at radius 3 is 1.93 bits per heavy atom. The number of hydrogen-bond donors (Lipinski definition) is 1. The van der Waals surface area contributed by atoms with Crippen molar-refractivity contribution in [3.8, 4) is 27.9 Å². The zero-order valence-electron chi connectivity index (χ0n) is 30.3. The molecule has 1 atom stereocenters. The van der Waals surface area contributed by atoms with Gasteiger partial charge in [-0.15, -0.1) is 0 Å². The molecule has 0 saturated heterocycles. The molecule has 0 spiro atoms. The maximum absolute atomic E-state index is 6.94. The predicted octanol–water partition coefficient (Wildman–Crippen LogP) is 12.5. The molecule has 5 nitrogen and oxygen atoms in total. The van der Waals surface area contributed by atoms with Gasteiger partial charge in [0.1, 0.15) is 23.2 Å². The molecule has 1 aliphatic rings. The van der Waals surface area contributed by atoms with Crippen LogP contribution < -0.4 is 5.32 Å². The highest BCUT2D eigenvalue weighted by Gasteiger charge is 2.25. The number of amidine groups is 2. The third-order valence-corrected chi connectivity index (χ3v) is 10.8. The lowest BCUT2D eigenvalue weighted by Crippen LogP contribution is -2.33. The first-order valence-electron chi connectivity index (χ1n) is 18.9. The zero-order valence-corrected chi connectivity index (χ0v) is 30.3. The zero-order chi connectivity index (χ0) is 37.0. The Balaban J connectivity index is 1.15. The molecule has 0 saturated carbocycles. The molecule has 0 amide bonds. The molecular weight excluding hydrogens is 685 g/mol. The minimum atomic E-state index is -0.312. The molecule has 11 rings (SSSR count). The van der Waals surface area contributed by atoms with Crippen LogP contribution in [0.1, 0.15) is 22.9 Å². The standard InChI is InChI=1S/C51H34N4O/c1-5-16-33(17-6-1)37-31-41(36-28-29-45-42(30-36)39-24-13-14-26-44(39)55(45)38-22-11-4-12-23-38)48-43(32-37)47-40(25-15-27-46(47)56-48)51-53-49(34-18-7-2-8-19-34)52-50(54-51)35-20-9-3-10-21-35/h1-32,49H,(H,52,53,54). The molecule has 0 bridgehead atoms. The van der Waals surface area contributed by atoms with E-state index >= 15 is 0 Å². The van der Waals surface area contributed by atoms with E-state index in [1.165, 1.54) is 16.3 Å². The van der Waals surface area contributed by atoms with E-state index in [2.05, 4.69) is 168 Å². The summed E-state index contributed by atoms with van der Waals surface area (Å²) in [7, 11) is 0. The van der Waals surface area contributed by atoms with Crippen molar-refractivity contribution >= 4 is 55.4 Å². The summed E-state index contributed by atoms with van der Waals surface area (Å²) in [6, 6.07) is 68.0. The summed E-state index contributed by atoms with van der Waals surface area (Å²) < 4.78 is 9.29. The van der Waals surface area contributed by atoms with Crippen molar-refractivity contribution in [1.82, 2.24) is 9.88 Å². The fourth-order valence-electron chi connectivity index (χ4n) is 8.24. The van der Waals surface area contributed by atoms with Crippen LogP contribution in [-0.2, 0) is 0 Å². The Morgan fingerprint density at radius 1 is 0.482 bits per heavy atom. The van der Waals surface area contributed by atoms with Crippen LogP contribution in [0.5, 0.6) is 0 Å². The first kappa shape index (κ1) is 32.0. The smallest absolute Gasteiger partial charge is 0.159 e. The highest BCUT2D eigenvalue weighted by atomic mass is 16.3. The first-order chi connectivity index (χ1) is 27.8. The van der Waals surface area contributed by atoms with Crippen LogP contribution in [0.25, 0.3) is 71.7 Å². The molecule has 0 radical (unpaired) electrons. The highest BCUT2D eigenvalue weighted by molar-refractivity contribution is 6.23. The van der Waals surface area contributed by atoms with Crippen LogP contribution in [0.2, 0.25) is 0 Å². The summed E-state index contributed by atoms with van der Waals surface area (Å²) in [4.78, 5) is 10.3. The van der Waals surface area contributed by atoms with Crippen LogP contribution in [0.4, 0.5) is 0 Å². The van der Waals surface area contributed by atoms with Crippen molar-refractivity contribution in [2.24, 2.45) is 9.98 Å². The summed E-state index contributed by atoms with van der Waals surface area (Å²) in [6.07, 6.45) is -0.312. The molecule has 5 heteroatoms. The molecule has 10 aromatic rings. The van der Waals surface area contributed by atoms with Crippen molar-refractivity contribution in [2.45, 2.75) is 6.17 Å². The summed E-state index contributed by atoms with van der Waals surface area (Å²) in [6.45, 7) is 0. The molecule has 2 aromatic heterocycles. The van der Waals surface area contributed by atoms with Crippen molar-refractivity contribution < 1.29 is 4.42 Å². The summed E-state index contributed by atoms with van der Waals surface area (Å²) in [5.41, 5.74) is 12.5. The lowest BCUT2D eigenvalue weighted by molar-refractivity contribution is 0.668. The molecule has 264 valence electrons. The largest absolute Gasteiger partial charge is 0.455 e. The monoisotopic (exact) mass is 718 g/mol. The number of hydrogen-bond acceptors (Lipinski definition) is 4. The van der Waals surface area contributed by atoms with E-state index in [-0.39, 0.29) is 6.17 Å². The summed E-state index contributed by atoms with van der Waals surface area (Å²) in [5, 5.41) is 8.14. The Bertz CT molecular complexity index is 3140. The van der Waals surface area contributed by atoms with Crippen LogP contribution in [0, 0.1) is 0 Å². The van der Waals surface area contributed by atoms with Gasteiger partial charge in [-0.05, 0) is 70.8 Å². The number of nitrogens with zero attached hydrogens (tertiary/aromatic N) is 3. The summed E-state index contributed by atoms with van der Waals surface area (Å²) in [5.74, 6) is 1.44. The molecule has 0 fully saturated rings. The fourth-order valence-corrected chi connectivity index (χ4v) is 8.24. The SMILES string of the molecule is c1ccc(C2=NC(c3ccccc3)NC(c3cccc4oc5c(-c6ccc7c(c6)c6ccccc6n7-c6ccccc6)cc(-c6ccccc6)cc5c34)=N2)cc1. The maximum Gasteiger partial charge on any atom is 0.159 e. The minimum Gasteiger partial charge on any atom is -0.455 e. The van der Waals surface area contributed by atoms with Crippen molar-refractivity contribution in [2.75, 3.05) is 0 Å². The minimum absolute atomic E-state index is 0.312. The number of aromatic nitrogens is 1. The maximum atomic E-state index is 6.94. The number of furan rings is 1. The van der Waals surface area contributed by atoms with Crippen LogP contribution in [-0.4, -0.2) is 16.2 Å². The van der Waals surface area contributed by atoms with E-state index in [0.717, 1.165) is 77.9 Å². The van der Waals surface area contributed by atoms with E-state index in [4.69, 9.17) is 14.4 Å². The Kier molecular flexibility index (Phi) is 7.49. The molecule has 1 N–H and O–H groups in total. The molecule has 1 aliphatic heterocycles. The highest BCUT2D eigenvalue weighted by Crippen LogP contribution is 2.43. The molecule has 1 unspecified atom stereocenters. The third-order valence-electron chi connectivity index (χ3n) is 10.8. The van der Waals surface area contributed by atoms with Gasteiger partial charge in [-0.3, -0.25) is 0 Å². The Labute approximate surface area is 323 Å². The number of rotatable bonds is 6. The lowest BCUT2D eigenvalue weighted by Gasteiger charge is -2.24. The Morgan fingerprint density at radius 2 is 1.14 bits per heavy atom. The second-order valence-corrected chi connectivity index (χ2v) is 14.2. The molecule has 56 heavy (non-hydrogen) atoms. The van der Waals surface area contributed by atoms with Gasteiger partial charge in [0.25, 0.3) is 0 Å². The number of aliphatic imine (C=N–C) groups is 2. The van der Waals surface area contributed by atoms with Gasteiger partial charge in [0.15, 0.2) is 5.84 Å². The number of fused-ring (bicyclic) bond motifs is 6. The number of nitrogens with one attached hydrogen (secondary N) is 1. The normalized spacial score (nSPS) is 14.2. The van der Waals surface area contributed by atoms with Crippen molar-refractivity contribution in [1.29, 1.82) is 0 Å². The lowest BCUT2D eigenvalue weighted by atomic mass is 9.94. The van der Waals surface area contributed by atoms with Gasteiger partial charge >= 0.3 is 0 Å². The fraction of sp³-hybridized carbons (Fsp3) is 0.0196. The van der Waals surface area contributed by atoms with E-state index in [0.29, 0.717) is 5.84 Å². The topological polar surface area (TPSA) is 54.8 Å². The molecule has 0 aliphatic carbocycles. The average molecular weight is 719 g/mol. The van der Waals surface area contributed by atoms with Crippen LogP contribution in [0.3, 0.4) is 0 Å². The van der Waals surface area contributed by atoms with Gasteiger partial charge in [0, 0.05) is 43.9 Å². The van der Waals surface area contributed by atoms with E-state index < -0.39 is 0 Å². The molecule has 3 heterocycles. The van der Waals surface area contributed by atoms with Gasteiger partial charge in [-0.1, -0.05) is 146 Å².